The number of ether oxygens (including phenoxy) is 1. The number of anilines is 1. The fourth-order valence-corrected chi connectivity index (χ4v) is 2.41. The van der Waals surface area contributed by atoms with Crippen molar-refractivity contribution in [1.29, 1.82) is 0 Å². The van der Waals surface area contributed by atoms with Crippen LogP contribution in [0.25, 0.3) is 0 Å². The minimum absolute atomic E-state index is 0.163. The van der Waals surface area contributed by atoms with Gasteiger partial charge in [0, 0.05) is 0 Å². The predicted octanol–water partition coefficient (Wildman–Crippen LogP) is 0.540. The second kappa shape index (κ2) is 4.60. The van der Waals surface area contributed by atoms with Crippen molar-refractivity contribution < 1.29 is 17.9 Å². The molecule has 1 aromatic heterocycles. The van der Waals surface area contributed by atoms with Gasteiger partial charge in [0.25, 0.3) is 10.2 Å². The molecule has 8 heteroatoms. The summed E-state index contributed by atoms with van der Waals surface area (Å²) >= 11 is 1.06. The minimum Gasteiger partial charge on any atom is -0.462 e. The Morgan fingerprint density at radius 2 is 2.33 bits per heavy atom. The van der Waals surface area contributed by atoms with Gasteiger partial charge >= 0.3 is 5.97 Å². The largest absolute Gasteiger partial charge is 0.462 e. The van der Waals surface area contributed by atoms with Crippen LogP contribution in [0, 0.1) is 0 Å². The molecule has 0 radical (unpaired) electrons. The monoisotopic (exact) mass is 250 g/mol. The number of carbonyl (C=O) groups is 1. The van der Waals surface area contributed by atoms with Crippen LogP contribution >= 0.6 is 11.3 Å². The van der Waals surface area contributed by atoms with Gasteiger partial charge < -0.3 is 4.74 Å². The van der Waals surface area contributed by atoms with Crippen LogP contribution in [0.5, 0.6) is 0 Å². The van der Waals surface area contributed by atoms with Gasteiger partial charge in [-0.2, -0.15) is 8.42 Å². The second-order valence-corrected chi connectivity index (χ2v) is 4.74. The molecule has 1 rings (SSSR count). The molecular weight excluding hydrogens is 240 g/mol. The first-order valence-corrected chi connectivity index (χ1v) is 6.41. The van der Waals surface area contributed by atoms with E-state index < -0.39 is 16.2 Å². The van der Waals surface area contributed by atoms with E-state index >= 15 is 0 Å². The van der Waals surface area contributed by atoms with Crippen LogP contribution in [-0.2, 0) is 14.9 Å². The Hall–Kier alpha value is -1.12. The maximum Gasteiger partial charge on any atom is 0.341 e. The van der Waals surface area contributed by atoms with Crippen molar-refractivity contribution >= 4 is 32.5 Å². The van der Waals surface area contributed by atoms with Crippen LogP contribution in [0.1, 0.15) is 17.3 Å². The van der Waals surface area contributed by atoms with Crippen molar-refractivity contribution in [2.45, 2.75) is 6.92 Å². The van der Waals surface area contributed by atoms with Gasteiger partial charge in [-0.15, -0.1) is 11.3 Å². The number of nitrogens with two attached hydrogens (primary N) is 1. The highest BCUT2D eigenvalue weighted by Gasteiger charge is 2.16. The predicted molar refractivity (Wildman–Crippen MR) is 57.0 cm³/mol. The summed E-state index contributed by atoms with van der Waals surface area (Å²) in [4.78, 5) is 11.3. The lowest BCUT2D eigenvalue weighted by Crippen LogP contribution is -2.22. The Morgan fingerprint density at radius 1 is 1.67 bits per heavy atom. The molecule has 1 heterocycles. The van der Waals surface area contributed by atoms with Gasteiger partial charge in [0.05, 0.1) is 12.2 Å². The quantitative estimate of drug-likeness (QED) is 0.762. The molecule has 0 aliphatic heterocycles. The second-order valence-electron chi connectivity index (χ2n) is 2.53. The molecule has 0 bridgehead atoms. The first kappa shape index (κ1) is 12.0. The SMILES string of the molecule is CCOC(=O)c1ccsc1NS(N)(=O)=O. The molecule has 15 heavy (non-hydrogen) atoms. The summed E-state index contributed by atoms with van der Waals surface area (Å²) in [5.41, 5.74) is 0.163. The molecule has 3 N–H and O–H groups in total. The smallest absolute Gasteiger partial charge is 0.341 e. The van der Waals surface area contributed by atoms with Crippen molar-refractivity contribution in [3.8, 4) is 0 Å². The molecule has 0 aliphatic rings. The zero-order chi connectivity index (χ0) is 11.5. The van der Waals surface area contributed by atoms with Crippen molar-refractivity contribution in [2.24, 2.45) is 5.14 Å². The van der Waals surface area contributed by atoms with E-state index in [9.17, 15) is 13.2 Å². The van der Waals surface area contributed by atoms with Crippen molar-refractivity contribution in [1.82, 2.24) is 0 Å². The van der Waals surface area contributed by atoms with Crippen molar-refractivity contribution in [3.63, 3.8) is 0 Å². The van der Waals surface area contributed by atoms with Gasteiger partial charge in [-0.3, -0.25) is 4.72 Å². The first-order valence-electron chi connectivity index (χ1n) is 3.99. The third kappa shape index (κ3) is 3.50. The normalized spacial score (nSPS) is 11.1. The van der Waals surface area contributed by atoms with E-state index in [0.717, 1.165) is 11.3 Å². The summed E-state index contributed by atoms with van der Waals surface area (Å²) < 4.78 is 28.3. The molecule has 0 aliphatic carbocycles. The van der Waals surface area contributed by atoms with Crippen LogP contribution in [0.15, 0.2) is 11.4 Å². The van der Waals surface area contributed by atoms with E-state index in [1.54, 1.807) is 12.3 Å². The molecule has 0 amide bonds. The number of esters is 1. The Bertz CT molecular complexity index is 451. The van der Waals surface area contributed by atoms with E-state index in [1.165, 1.54) is 6.07 Å². The van der Waals surface area contributed by atoms with Gasteiger partial charge in [0.15, 0.2) is 0 Å². The van der Waals surface area contributed by atoms with E-state index in [2.05, 4.69) is 0 Å². The zero-order valence-electron chi connectivity index (χ0n) is 7.89. The molecule has 0 saturated heterocycles. The van der Waals surface area contributed by atoms with Gasteiger partial charge in [-0.25, -0.2) is 9.93 Å². The molecule has 0 unspecified atom stereocenters. The fourth-order valence-electron chi connectivity index (χ4n) is 0.887. The van der Waals surface area contributed by atoms with Crippen LogP contribution in [0.4, 0.5) is 5.00 Å². The summed E-state index contributed by atoms with van der Waals surface area (Å²) in [6.07, 6.45) is 0. The Kier molecular flexibility index (Phi) is 3.66. The van der Waals surface area contributed by atoms with Gasteiger partial charge in [-0.05, 0) is 18.4 Å². The number of rotatable bonds is 4. The average Bonchev–Trinajstić information content (AvgIpc) is 2.49. The van der Waals surface area contributed by atoms with Gasteiger partial charge in [-0.1, -0.05) is 0 Å². The highest BCUT2D eigenvalue weighted by atomic mass is 32.2. The fraction of sp³-hybridized carbons (Fsp3) is 0.286. The number of hydrogen-bond acceptors (Lipinski definition) is 5. The molecule has 84 valence electrons. The minimum atomic E-state index is -3.87. The van der Waals surface area contributed by atoms with E-state index in [4.69, 9.17) is 9.88 Å². The van der Waals surface area contributed by atoms with Crippen LogP contribution in [0.2, 0.25) is 0 Å². The Labute approximate surface area is 91.2 Å². The molecule has 0 aromatic carbocycles. The van der Waals surface area contributed by atoms with Crippen LogP contribution in [0.3, 0.4) is 0 Å². The molecule has 6 nitrogen and oxygen atoms in total. The number of nitrogens with one attached hydrogen (secondary N) is 1. The summed E-state index contributed by atoms with van der Waals surface area (Å²) in [5.74, 6) is -0.579. The summed E-state index contributed by atoms with van der Waals surface area (Å²) in [7, 11) is -3.87. The average molecular weight is 250 g/mol. The summed E-state index contributed by atoms with van der Waals surface area (Å²) in [6, 6.07) is 1.47. The summed E-state index contributed by atoms with van der Waals surface area (Å²) in [6.45, 7) is 1.89. The maximum absolute atomic E-state index is 11.3. The highest BCUT2D eigenvalue weighted by molar-refractivity contribution is 7.90. The van der Waals surface area contributed by atoms with Gasteiger partial charge in [0.1, 0.15) is 5.00 Å². The van der Waals surface area contributed by atoms with E-state index in [-0.39, 0.29) is 17.2 Å². The van der Waals surface area contributed by atoms with Crippen LogP contribution in [-0.4, -0.2) is 21.0 Å². The molecular formula is C7H10N2O4S2. The summed E-state index contributed by atoms with van der Waals surface area (Å²) in [5, 5.41) is 6.52. The molecule has 1 aromatic rings. The molecule has 0 saturated carbocycles. The maximum atomic E-state index is 11.3. The van der Waals surface area contributed by atoms with Crippen molar-refractivity contribution in [2.75, 3.05) is 11.3 Å². The molecule has 0 spiro atoms. The molecule has 0 atom stereocenters. The van der Waals surface area contributed by atoms with Gasteiger partial charge in [0.2, 0.25) is 0 Å². The van der Waals surface area contributed by atoms with Crippen LogP contribution < -0.4 is 9.86 Å². The van der Waals surface area contributed by atoms with Crippen molar-refractivity contribution in [3.05, 3.63) is 17.0 Å². The number of thiophene rings is 1. The van der Waals surface area contributed by atoms with E-state index in [1.807, 2.05) is 4.72 Å². The lowest BCUT2D eigenvalue weighted by Gasteiger charge is -2.04. The first-order chi connectivity index (χ1) is 6.94. The highest BCUT2D eigenvalue weighted by Crippen LogP contribution is 2.24. The third-order valence-corrected chi connectivity index (χ3v) is 2.84. The Morgan fingerprint density at radius 3 is 2.87 bits per heavy atom. The number of carbonyl (C=O) groups excluding carboxylic acids is 1. The standard InChI is InChI=1S/C7H10N2O4S2/c1-2-13-7(10)5-3-4-14-6(5)9-15(8,11)12/h3-4,9H,2H2,1H3,(H2,8,11,12). The Balaban J connectivity index is 2.92. The third-order valence-electron chi connectivity index (χ3n) is 1.40. The lowest BCUT2D eigenvalue weighted by atomic mass is 10.3. The number of hydrogen-bond donors (Lipinski definition) is 2. The zero-order valence-corrected chi connectivity index (χ0v) is 9.52. The molecule has 0 fully saturated rings. The lowest BCUT2D eigenvalue weighted by molar-refractivity contribution is 0.0528. The topological polar surface area (TPSA) is 98.5 Å². The van der Waals surface area contributed by atoms with E-state index in [0.29, 0.717) is 0 Å².